The molecule has 0 radical (unpaired) electrons. The molecule has 0 saturated heterocycles. The number of nitrogens with two attached hydrogens (primary N) is 1. The summed E-state index contributed by atoms with van der Waals surface area (Å²) in [6, 6.07) is 7.98. The number of hydrogen-bond donors (Lipinski definition) is 1. The fraction of sp³-hybridized carbons (Fsp3) is 0.111. The van der Waals surface area contributed by atoms with Crippen LogP contribution >= 0.6 is 0 Å². The summed E-state index contributed by atoms with van der Waals surface area (Å²) in [5.74, 6) is 0. The van der Waals surface area contributed by atoms with E-state index < -0.39 is 0 Å². The van der Waals surface area contributed by atoms with Crippen LogP contribution < -0.4 is 5.73 Å². The lowest BCUT2D eigenvalue weighted by molar-refractivity contribution is 0.824. The fourth-order valence-corrected chi connectivity index (χ4v) is 0.845. The van der Waals surface area contributed by atoms with E-state index in [1.54, 1.807) is 0 Å². The Kier molecular flexibility index (Phi) is 3.34. The molecule has 0 bridgehead atoms. The first-order valence-electron chi connectivity index (χ1n) is 3.21. The van der Waals surface area contributed by atoms with Gasteiger partial charge in [-0.05, 0) is 18.6 Å². The van der Waals surface area contributed by atoms with Crippen LogP contribution in [0.1, 0.15) is 11.1 Å². The zero-order chi connectivity index (χ0) is 7.56. The summed E-state index contributed by atoms with van der Waals surface area (Å²) in [6.45, 7) is 5.68. The predicted octanol–water partition coefficient (Wildman–Crippen LogP) is 1.10. The molecular weight excluding hydrogens is 138 g/mol. The molecule has 0 spiro atoms. The van der Waals surface area contributed by atoms with Crippen molar-refractivity contribution in [3.05, 3.63) is 42.0 Å². The Morgan fingerprint density at radius 3 is 2.45 bits per heavy atom. The molecule has 0 aromatic heterocycles. The first kappa shape index (κ1) is 9.72. The Balaban J connectivity index is 0.000001000. The van der Waals surface area contributed by atoms with Crippen molar-refractivity contribution in [2.75, 3.05) is 0 Å². The molecule has 1 rings (SSSR count). The summed E-state index contributed by atoms with van der Waals surface area (Å²) in [5.41, 5.74) is 8.34. The van der Waals surface area contributed by atoms with Crippen LogP contribution in [-0.2, 0) is 0 Å². The molecule has 0 heterocycles. The van der Waals surface area contributed by atoms with Gasteiger partial charge >= 0.3 is 0 Å². The molecule has 0 aliphatic rings. The molecule has 0 amide bonds. The van der Waals surface area contributed by atoms with Gasteiger partial charge in [-0.15, -0.1) is 0 Å². The molecule has 0 saturated carbocycles. The summed E-state index contributed by atoms with van der Waals surface area (Å²) < 4.78 is 0. The van der Waals surface area contributed by atoms with Crippen molar-refractivity contribution in [2.45, 2.75) is 6.92 Å². The van der Waals surface area contributed by atoms with Crippen molar-refractivity contribution >= 4 is 5.70 Å². The van der Waals surface area contributed by atoms with Gasteiger partial charge in [-0.3, -0.25) is 0 Å². The van der Waals surface area contributed by atoms with Crippen molar-refractivity contribution in [1.82, 2.24) is 0 Å². The van der Waals surface area contributed by atoms with Crippen molar-refractivity contribution in [3.63, 3.8) is 0 Å². The quantitative estimate of drug-likeness (QED) is 0.642. The molecule has 4 N–H and O–H groups in total. The maximum Gasteiger partial charge on any atom is 0.0314 e. The smallest absolute Gasteiger partial charge is 0.0314 e. The van der Waals surface area contributed by atoms with Gasteiger partial charge < -0.3 is 11.2 Å². The second-order valence-corrected chi connectivity index (χ2v) is 2.39. The van der Waals surface area contributed by atoms with E-state index in [4.69, 9.17) is 5.73 Å². The van der Waals surface area contributed by atoms with Gasteiger partial charge in [0.25, 0.3) is 0 Å². The average Bonchev–Trinajstić information content (AvgIpc) is 1.88. The van der Waals surface area contributed by atoms with Crippen molar-refractivity contribution in [2.24, 2.45) is 5.73 Å². The lowest BCUT2D eigenvalue weighted by Gasteiger charge is -1.98. The molecule has 0 aliphatic heterocycles. The van der Waals surface area contributed by atoms with E-state index in [0.29, 0.717) is 5.70 Å². The number of aryl methyl sites for hydroxylation is 1. The second-order valence-electron chi connectivity index (χ2n) is 2.39. The fourth-order valence-electron chi connectivity index (χ4n) is 0.845. The van der Waals surface area contributed by atoms with Crippen LogP contribution in [0.15, 0.2) is 30.8 Å². The van der Waals surface area contributed by atoms with Crippen LogP contribution in [0.4, 0.5) is 0 Å². The molecule has 0 unspecified atom stereocenters. The molecule has 0 atom stereocenters. The summed E-state index contributed by atoms with van der Waals surface area (Å²) in [7, 11) is 0. The normalized spacial score (nSPS) is 8.45. The van der Waals surface area contributed by atoms with E-state index in [9.17, 15) is 0 Å². The summed E-state index contributed by atoms with van der Waals surface area (Å²) in [4.78, 5) is 0. The van der Waals surface area contributed by atoms with Crippen LogP contribution in [0, 0.1) is 6.92 Å². The van der Waals surface area contributed by atoms with Crippen LogP contribution in [-0.4, -0.2) is 5.48 Å². The molecule has 0 aliphatic carbocycles. The van der Waals surface area contributed by atoms with Crippen molar-refractivity contribution in [1.29, 1.82) is 0 Å². The Labute approximate surface area is 66.7 Å². The van der Waals surface area contributed by atoms with E-state index in [2.05, 4.69) is 6.58 Å². The third-order valence-corrected chi connectivity index (χ3v) is 1.39. The van der Waals surface area contributed by atoms with E-state index in [1.807, 2.05) is 31.2 Å². The van der Waals surface area contributed by atoms with Gasteiger partial charge in [0.1, 0.15) is 0 Å². The first-order chi connectivity index (χ1) is 4.70. The van der Waals surface area contributed by atoms with Gasteiger partial charge in [0.15, 0.2) is 0 Å². The minimum Gasteiger partial charge on any atom is -0.412 e. The number of rotatable bonds is 1. The van der Waals surface area contributed by atoms with Gasteiger partial charge in [0.2, 0.25) is 0 Å². The zero-order valence-corrected chi connectivity index (χ0v) is 6.59. The summed E-state index contributed by atoms with van der Waals surface area (Å²) >= 11 is 0. The summed E-state index contributed by atoms with van der Waals surface area (Å²) in [5, 5.41) is 0. The van der Waals surface area contributed by atoms with E-state index in [-0.39, 0.29) is 5.48 Å². The minimum atomic E-state index is 0. The topological polar surface area (TPSA) is 57.5 Å². The maximum atomic E-state index is 5.49. The van der Waals surface area contributed by atoms with Crippen LogP contribution in [0.3, 0.4) is 0 Å². The largest absolute Gasteiger partial charge is 0.412 e. The lowest BCUT2D eigenvalue weighted by Crippen LogP contribution is -1.93. The van der Waals surface area contributed by atoms with E-state index >= 15 is 0 Å². The predicted molar refractivity (Wildman–Crippen MR) is 48.0 cm³/mol. The number of hydrogen-bond acceptors (Lipinski definition) is 1. The Morgan fingerprint density at radius 1 is 1.45 bits per heavy atom. The molecule has 60 valence electrons. The first-order valence-corrected chi connectivity index (χ1v) is 3.21. The minimum absolute atomic E-state index is 0. The Morgan fingerprint density at radius 2 is 2.09 bits per heavy atom. The van der Waals surface area contributed by atoms with Crippen LogP contribution in [0.25, 0.3) is 5.70 Å². The van der Waals surface area contributed by atoms with Crippen LogP contribution in [0.2, 0.25) is 0 Å². The lowest BCUT2D eigenvalue weighted by atomic mass is 10.1. The Bertz CT molecular complexity index is 255. The van der Waals surface area contributed by atoms with Gasteiger partial charge in [0.05, 0.1) is 0 Å². The number of benzene rings is 1. The van der Waals surface area contributed by atoms with Gasteiger partial charge in [-0.1, -0.05) is 30.3 Å². The summed E-state index contributed by atoms with van der Waals surface area (Å²) in [6.07, 6.45) is 0. The third kappa shape index (κ3) is 2.43. The van der Waals surface area contributed by atoms with Gasteiger partial charge in [-0.25, -0.2) is 0 Å². The molecule has 1 aromatic rings. The third-order valence-electron chi connectivity index (χ3n) is 1.39. The highest BCUT2D eigenvalue weighted by Crippen LogP contribution is 2.08. The van der Waals surface area contributed by atoms with Crippen molar-refractivity contribution < 1.29 is 5.48 Å². The highest BCUT2D eigenvalue weighted by molar-refractivity contribution is 5.60. The van der Waals surface area contributed by atoms with E-state index in [1.165, 1.54) is 5.56 Å². The molecule has 11 heavy (non-hydrogen) atoms. The highest BCUT2D eigenvalue weighted by Gasteiger charge is 1.91. The molecule has 2 nitrogen and oxygen atoms in total. The standard InChI is InChI=1S/C9H11N.H2O/c1-7-4-3-5-9(6-7)8(2)10;/h3-6H,2,10H2,1H3;1H2. The van der Waals surface area contributed by atoms with E-state index in [0.717, 1.165) is 5.56 Å². The molecule has 0 fully saturated rings. The molecular formula is C9H13NO. The average molecular weight is 151 g/mol. The zero-order valence-electron chi connectivity index (χ0n) is 6.59. The SMILES string of the molecule is C=C(N)c1cccc(C)c1.O. The molecule has 2 heteroatoms. The highest BCUT2D eigenvalue weighted by atomic mass is 16.0. The second kappa shape index (κ2) is 3.78. The monoisotopic (exact) mass is 151 g/mol. The van der Waals surface area contributed by atoms with Gasteiger partial charge in [0, 0.05) is 5.70 Å². The Hall–Kier alpha value is -1.28. The maximum absolute atomic E-state index is 5.49. The van der Waals surface area contributed by atoms with Crippen LogP contribution in [0.5, 0.6) is 0 Å². The van der Waals surface area contributed by atoms with Gasteiger partial charge in [-0.2, -0.15) is 0 Å². The molecule has 1 aromatic carbocycles. The van der Waals surface area contributed by atoms with Crippen molar-refractivity contribution in [3.8, 4) is 0 Å².